The van der Waals surface area contributed by atoms with Crippen molar-refractivity contribution in [2.45, 2.75) is 19.3 Å². The third-order valence-electron chi connectivity index (χ3n) is 2.93. The lowest BCUT2D eigenvalue weighted by Gasteiger charge is -2.27. The lowest BCUT2D eigenvalue weighted by molar-refractivity contribution is -0.384. The first-order chi connectivity index (χ1) is 8.59. The van der Waals surface area contributed by atoms with Crippen molar-refractivity contribution in [3.63, 3.8) is 0 Å². The van der Waals surface area contributed by atoms with E-state index < -0.39 is 10.9 Å². The molecule has 0 saturated carbocycles. The van der Waals surface area contributed by atoms with Gasteiger partial charge in [-0.05, 0) is 25.3 Å². The fourth-order valence-corrected chi connectivity index (χ4v) is 2.04. The average Bonchev–Trinajstić information content (AvgIpc) is 2.39. The summed E-state index contributed by atoms with van der Waals surface area (Å²) in [6, 6.07) is 2.37. The Labute approximate surface area is 103 Å². The predicted octanol–water partition coefficient (Wildman–Crippen LogP) is 1.68. The van der Waals surface area contributed by atoms with Gasteiger partial charge in [0.25, 0.3) is 0 Å². The summed E-state index contributed by atoms with van der Waals surface area (Å²) in [5, 5.41) is 19.8. The minimum atomic E-state index is -1.18. The largest absolute Gasteiger partial charge is 0.477 e. The van der Waals surface area contributed by atoms with Crippen molar-refractivity contribution in [2.75, 3.05) is 18.0 Å². The molecule has 0 aliphatic carbocycles. The molecule has 1 N–H and O–H groups in total. The van der Waals surface area contributed by atoms with Gasteiger partial charge in [-0.25, -0.2) is 9.78 Å². The maximum atomic E-state index is 10.9. The van der Waals surface area contributed by atoms with Gasteiger partial charge in [-0.1, -0.05) is 0 Å². The van der Waals surface area contributed by atoms with Crippen molar-refractivity contribution in [3.05, 3.63) is 27.9 Å². The molecule has 0 spiro atoms. The van der Waals surface area contributed by atoms with Crippen molar-refractivity contribution in [1.29, 1.82) is 0 Å². The molecule has 2 rings (SSSR count). The number of rotatable bonds is 3. The molecule has 1 fully saturated rings. The number of nitro groups is 1. The Morgan fingerprint density at radius 3 is 2.56 bits per heavy atom. The minimum Gasteiger partial charge on any atom is -0.477 e. The molecule has 1 aromatic heterocycles. The van der Waals surface area contributed by atoms with E-state index in [4.69, 9.17) is 5.11 Å². The average molecular weight is 251 g/mol. The quantitative estimate of drug-likeness (QED) is 0.648. The normalized spacial score (nSPS) is 15.4. The maximum absolute atomic E-state index is 10.9. The molecule has 18 heavy (non-hydrogen) atoms. The molecule has 7 heteroatoms. The summed E-state index contributed by atoms with van der Waals surface area (Å²) in [7, 11) is 0. The molecular weight excluding hydrogens is 238 g/mol. The van der Waals surface area contributed by atoms with E-state index in [1.54, 1.807) is 4.90 Å². The van der Waals surface area contributed by atoms with Crippen LogP contribution < -0.4 is 4.90 Å². The van der Waals surface area contributed by atoms with Crippen molar-refractivity contribution in [1.82, 2.24) is 4.98 Å². The van der Waals surface area contributed by atoms with E-state index in [1.807, 2.05) is 0 Å². The van der Waals surface area contributed by atoms with Crippen LogP contribution in [0.1, 0.15) is 29.8 Å². The molecule has 1 aromatic rings. The van der Waals surface area contributed by atoms with Crippen LogP contribution in [0.25, 0.3) is 0 Å². The fourth-order valence-electron chi connectivity index (χ4n) is 2.04. The van der Waals surface area contributed by atoms with Crippen LogP contribution in [0.3, 0.4) is 0 Å². The third-order valence-corrected chi connectivity index (χ3v) is 2.93. The number of carboxylic acid groups (broad SMARTS) is 1. The Morgan fingerprint density at radius 1 is 1.33 bits per heavy atom. The smallest absolute Gasteiger partial charge is 0.354 e. The number of nitrogens with zero attached hydrogens (tertiary/aromatic N) is 3. The van der Waals surface area contributed by atoms with E-state index in [2.05, 4.69) is 4.98 Å². The molecule has 0 bridgehead atoms. The van der Waals surface area contributed by atoms with E-state index in [9.17, 15) is 14.9 Å². The Morgan fingerprint density at radius 2 is 2.00 bits per heavy atom. The summed E-state index contributed by atoms with van der Waals surface area (Å²) in [5.41, 5.74) is -0.303. The number of piperidine rings is 1. The van der Waals surface area contributed by atoms with E-state index >= 15 is 0 Å². The maximum Gasteiger partial charge on any atom is 0.354 e. The van der Waals surface area contributed by atoms with Crippen LogP contribution in [-0.2, 0) is 0 Å². The molecule has 0 atom stereocenters. The van der Waals surface area contributed by atoms with Crippen molar-refractivity contribution < 1.29 is 14.8 Å². The van der Waals surface area contributed by atoms with Crippen LogP contribution in [0, 0.1) is 10.1 Å². The highest BCUT2D eigenvalue weighted by Crippen LogP contribution is 2.28. The zero-order valence-electron chi connectivity index (χ0n) is 9.70. The molecule has 1 aliphatic heterocycles. The van der Waals surface area contributed by atoms with Crippen LogP contribution >= 0.6 is 0 Å². The molecule has 0 aromatic carbocycles. The number of carbonyl (C=O) groups is 1. The van der Waals surface area contributed by atoms with Gasteiger partial charge in [-0.15, -0.1) is 0 Å². The molecule has 7 nitrogen and oxygen atoms in total. The SMILES string of the molecule is O=C(O)c1ccc([N+](=O)[O-])c(N2CCCCC2)n1. The Balaban J connectivity index is 2.42. The van der Waals surface area contributed by atoms with Crippen LogP contribution in [0.5, 0.6) is 0 Å². The molecule has 2 heterocycles. The molecule has 96 valence electrons. The number of pyridine rings is 1. The number of carboxylic acids is 1. The monoisotopic (exact) mass is 251 g/mol. The number of aromatic carboxylic acids is 1. The number of hydrogen-bond acceptors (Lipinski definition) is 5. The second-order valence-electron chi connectivity index (χ2n) is 4.15. The van der Waals surface area contributed by atoms with Gasteiger partial charge in [0.2, 0.25) is 5.82 Å². The third kappa shape index (κ3) is 2.39. The van der Waals surface area contributed by atoms with Crippen LogP contribution in [0.4, 0.5) is 11.5 Å². The molecular formula is C11H13N3O4. The highest BCUT2D eigenvalue weighted by Gasteiger charge is 2.24. The number of aromatic nitrogens is 1. The molecule has 1 aliphatic rings. The lowest BCUT2D eigenvalue weighted by Crippen LogP contribution is -2.31. The number of anilines is 1. The molecule has 1 saturated heterocycles. The van der Waals surface area contributed by atoms with Crippen molar-refractivity contribution in [3.8, 4) is 0 Å². The Kier molecular flexibility index (Phi) is 3.40. The van der Waals surface area contributed by atoms with Crippen molar-refractivity contribution >= 4 is 17.5 Å². The van der Waals surface area contributed by atoms with Gasteiger partial charge >= 0.3 is 11.7 Å². The summed E-state index contributed by atoms with van der Waals surface area (Å²) in [6.07, 6.45) is 2.97. The van der Waals surface area contributed by atoms with Crippen LogP contribution in [0.2, 0.25) is 0 Å². The zero-order valence-corrected chi connectivity index (χ0v) is 9.70. The van der Waals surface area contributed by atoms with Gasteiger partial charge in [0.1, 0.15) is 0 Å². The fraction of sp³-hybridized carbons (Fsp3) is 0.455. The second-order valence-corrected chi connectivity index (χ2v) is 4.15. The van der Waals surface area contributed by atoms with Gasteiger partial charge in [-0.2, -0.15) is 0 Å². The first-order valence-electron chi connectivity index (χ1n) is 5.73. The summed E-state index contributed by atoms with van der Waals surface area (Å²) in [6.45, 7) is 1.35. The zero-order chi connectivity index (χ0) is 13.1. The molecule has 0 amide bonds. The standard InChI is InChI=1S/C11H13N3O4/c15-11(16)8-4-5-9(14(17)18)10(12-8)13-6-2-1-3-7-13/h4-5H,1-3,6-7H2,(H,15,16). The van der Waals surface area contributed by atoms with Gasteiger partial charge in [0, 0.05) is 19.2 Å². The van der Waals surface area contributed by atoms with Gasteiger partial charge in [0.05, 0.1) is 4.92 Å². The predicted molar refractivity (Wildman–Crippen MR) is 63.9 cm³/mol. The second kappa shape index (κ2) is 4.99. The summed E-state index contributed by atoms with van der Waals surface area (Å²) >= 11 is 0. The van der Waals surface area contributed by atoms with Gasteiger partial charge in [0.15, 0.2) is 5.69 Å². The highest BCUT2D eigenvalue weighted by atomic mass is 16.6. The Hall–Kier alpha value is -2.18. The summed E-state index contributed by atoms with van der Waals surface area (Å²) < 4.78 is 0. The van der Waals surface area contributed by atoms with Crippen LogP contribution in [-0.4, -0.2) is 34.1 Å². The highest BCUT2D eigenvalue weighted by molar-refractivity contribution is 5.86. The first-order valence-corrected chi connectivity index (χ1v) is 5.73. The van der Waals surface area contributed by atoms with E-state index in [0.717, 1.165) is 25.3 Å². The topological polar surface area (TPSA) is 96.6 Å². The molecule has 0 radical (unpaired) electrons. The van der Waals surface area contributed by atoms with E-state index in [0.29, 0.717) is 13.1 Å². The van der Waals surface area contributed by atoms with Crippen molar-refractivity contribution in [2.24, 2.45) is 0 Å². The lowest BCUT2D eigenvalue weighted by atomic mass is 10.1. The van der Waals surface area contributed by atoms with Gasteiger partial charge < -0.3 is 10.0 Å². The van der Waals surface area contributed by atoms with E-state index in [-0.39, 0.29) is 17.2 Å². The van der Waals surface area contributed by atoms with Gasteiger partial charge in [-0.3, -0.25) is 10.1 Å². The summed E-state index contributed by atoms with van der Waals surface area (Å²) in [5.74, 6) is -1.01. The van der Waals surface area contributed by atoms with E-state index in [1.165, 1.54) is 6.07 Å². The first kappa shape index (κ1) is 12.3. The number of hydrogen-bond donors (Lipinski definition) is 1. The Bertz CT molecular complexity index is 483. The summed E-state index contributed by atoms with van der Waals surface area (Å²) in [4.78, 5) is 27.0. The van der Waals surface area contributed by atoms with Crippen LogP contribution in [0.15, 0.2) is 12.1 Å². The minimum absolute atomic E-state index is 0.137. The molecule has 0 unspecified atom stereocenters.